The third-order valence-corrected chi connectivity index (χ3v) is 5.44. The number of fused-ring (bicyclic) bond motifs is 1. The summed E-state index contributed by atoms with van der Waals surface area (Å²) in [6, 6.07) is 3.87. The molecule has 2 heterocycles. The molecular formula is C18H25F3N4O2. The number of halogens is 3. The van der Waals surface area contributed by atoms with Crippen LogP contribution < -0.4 is 16.1 Å². The van der Waals surface area contributed by atoms with E-state index < -0.39 is 17.8 Å². The Labute approximate surface area is 156 Å². The quantitative estimate of drug-likeness (QED) is 0.625. The zero-order valence-corrected chi connectivity index (χ0v) is 15.4. The average Bonchev–Trinajstić information content (AvgIpc) is 2.99. The number of rotatable bonds is 4. The van der Waals surface area contributed by atoms with Gasteiger partial charge in [0.2, 0.25) is 5.91 Å². The molecule has 27 heavy (non-hydrogen) atoms. The van der Waals surface area contributed by atoms with Crippen LogP contribution in [0.3, 0.4) is 0 Å². The maximum atomic E-state index is 12.8. The van der Waals surface area contributed by atoms with E-state index in [0.717, 1.165) is 17.7 Å². The van der Waals surface area contributed by atoms with Crippen LogP contribution >= 0.6 is 0 Å². The zero-order chi connectivity index (χ0) is 19.9. The van der Waals surface area contributed by atoms with E-state index in [1.54, 1.807) is 11.9 Å². The van der Waals surface area contributed by atoms with E-state index in [-0.39, 0.29) is 42.7 Å². The van der Waals surface area contributed by atoms with Gasteiger partial charge in [-0.2, -0.15) is 13.2 Å². The molecule has 1 aromatic carbocycles. The van der Waals surface area contributed by atoms with Crippen LogP contribution in [0, 0.1) is 0 Å². The summed E-state index contributed by atoms with van der Waals surface area (Å²) >= 11 is 0. The second-order valence-corrected chi connectivity index (χ2v) is 7.37. The minimum Gasteiger partial charge on any atom is -0.395 e. The van der Waals surface area contributed by atoms with Crippen molar-refractivity contribution < 1.29 is 23.1 Å². The van der Waals surface area contributed by atoms with Crippen LogP contribution in [-0.4, -0.2) is 53.0 Å². The fourth-order valence-corrected chi connectivity index (χ4v) is 3.91. The number of hydrogen-bond acceptors (Lipinski definition) is 5. The van der Waals surface area contributed by atoms with Crippen LogP contribution in [0.5, 0.6) is 0 Å². The molecule has 4 unspecified atom stereocenters. The molecule has 6 nitrogen and oxygen atoms in total. The summed E-state index contributed by atoms with van der Waals surface area (Å²) in [4.78, 5) is 12.5. The van der Waals surface area contributed by atoms with Gasteiger partial charge in [0.15, 0.2) is 0 Å². The minimum atomic E-state index is -4.37. The Balaban J connectivity index is 1.87. The highest BCUT2D eigenvalue weighted by Crippen LogP contribution is 2.33. The topological polar surface area (TPSA) is 76.6 Å². The van der Waals surface area contributed by atoms with Gasteiger partial charge in [0.1, 0.15) is 6.04 Å². The van der Waals surface area contributed by atoms with Gasteiger partial charge in [-0.15, -0.1) is 0 Å². The molecule has 2 fully saturated rings. The van der Waals surface area contributed by atoms with E-state index in [2.05, 4.69) is 16.1 Å². The highest BCUT2D eigenvalue weighted by Gasteiger charge is 2.51. The van der Waals surface area contributed by atoms with Crippen LogP contribution in [0.15, 0.2) is 24.3 Å². The first-order valence-corrected chi connectivity index (χ1v) is 9.02. The molecule has 2 saturated heterocycles. The monoisotopic (exact) mass is 386 g/mol. The molecule has 0 aliphatic carbocycles. The summed E-state index contributed by atoms with van der Waals surface area (Å²) < 4.78 is 38.4. The molecule has 0 bridgehead atoms. The average molecular weight is 386 g/mol. The number of alkyl halides is 3. The summed E-state index contributed by atoms with van der Waals surface area (Å²) in [6.07, 6.45) is -4.59. The molecule has 0 radical (unpaired) electrons. The number of aliphatic hydroxyl groups excluding tert-OH is 1. The number of carbonyl (C=O) groups is 1. The summed E-state index contributed by atoms with van der Waals surface area (Å²) in [6.45, 7) is 5.44. The summed E-state index contributed by atoms with van der Waals surface area (Å²) in [5, 5.41) is 17.5. The molecule has 0 aromatic heterocycles. The Kier molecular flexibility index (Phi) is 5.49. The van der Waals surface area contributed by atoms with Gasteiger partial charge < -0.3 is 10.4 Å². The smallest absolute Gasteiger partial charge is 0.395 e. The van der Waals surface area contributed by atoms with Gasteiger partial charge in [-0.25, -0.2) is 10.4 Å². The molecule has 0 spiro atoms. The highest BCUT2D eigenvalue weighted by atomic mass is 19.4. The number of benzene rings is 1. The molecule has 4 N–H and O–H groups in total. The Hall–Kier alpha value is -1.68. The van der Waals surface area contributed by atoms with Gasteiger partial charge in [-0.3, -0.25) is 10.1 Å². The Morgan fingerprint density at radius 1 is 1.22 bits per heavy atom. The van der Waals surface area contributed by atoms with Crippen molar-refractivity contribution in [2.45, 2.75) is 63.2 Å². The number of hydrazine groups is 1. The van der Waals surface area contributed by atoms with Crippen molar-refractivity contribution in [3.8, 4) is 0 Å². The number of nitrogens with one attached hydrogen (secondary N) is 3. The first kappa shape index (κ1) is 20.1. The number of carbonyl (C=O) groups excluding carboxylic acids is 1. The number of nitrogens with zero attached hydrogens (tertiary/aromatic N) is 1. The second kappa shape index (κ2) is 7.38. The third kappa shape index (κ3) is 3.82. The van der Waals surface area contributed by atoms with E-state index >= 15 is 0 Å². The summed E-state index contributed by atoms with van der Waals surface area (Å²) in [5.74, 6) is -0.289. The molecule has 1 aromatic rings. The van der Waals surface area contributed by atoms with Crippen molar-refractivity contribution in [2.75, 3.05) is 6.61 Å². The Morgan fingerprint density at radius 2 is 1.85 bits per heavy atom. The van der Waals surface area contributed by atoms with Crippen molar-refractivity contribution in [1.82, 2.24) is 21.1 Å². The zero-order valence-electron chi connectivity index (χ0n) is 15.4. The van der Waals surface area contributed by atoms with Crippen LogP contribution in [0.25, 0.3) is 0 Å². The number of hydrogen-bond donors (Lipinski definition) is 4. The molecule has 2 aliphatic rings. The lowest BCUT2D eigenvalue weighted by Gasteiger charge is -2.37. The largest absolute Gasteiger partial charge is 0.416 e. The molecule has 150 valence electrons. The van der Waals surface area contributed by atoms with Crippen molar-refractivity contribution in [1.29, 1.82) is 0 Å². The van der Waals surface area contributed by atoms with Gasteiger partial charge in [0.25, 0.3) is 0 Å². The lowest BCUT2D eigenvalue weighted by molar-refractivity contribution is -0.137. The van der Waals surface area contributed by atoms with Crippen molar-refractivity contribution in [3.05, 3.63) is 35.4 Å². The van der Waals surface area contributed by atoms with Crippen LogP contribution in [0.2, 0.25) is 0 Å². The third-order valence-electron chi connectivity index (χ3n) is 5.44. The summed E-state index contributed by atoms with van der Waals surface area (Å²) in [5.41, 5.74) is 3.37. The normalized spacial score (nSPS) is 31.3. The molecule has 0 saturated carbocycles. The fourth-order valence-electron chi connectivity index (χ4n) is 3.91. The van der Waals surface area contributed by atoms with Crippen LogP contribution in [0.1, 0.15) is 37.8 Å². The van der Waals surface area contributed by atoms with E-state index in [4.69, 9.17) is 0 Å². The van der Waals surface area contributed by atoms with Gasteiger partial charge in [-0.1, -0.05) is 19.1 Å². The lowest BCUT2D eigenvalue weighted by Crippen LogP contribution is -2.66. The summed E-state index contributed by atoms with van der Waals surface area (Å²) in [7, 11) is 0. The van der Waals surface area contributed by atoms with Crippen molar-refractivity contribution in [2.24, 2.45) is 0 Å². The van der Waals surface area contributed by atoms with Gasteiger partial charge in [0, 0.05) is 12.1 Å². The van der Waals surface area contributed by atoms with E-state index in [1.165, 1.54) is 12.1 Å². The number of aliphatic hydroxyl groups is 1. The Morgan fingerprint density at radius 3 is 2.41 bits per heavy atom. The second-order valence-electron chi connectivity index (χ2n) is 7.37. The maximum absolute atomic E-state index is 12.8. The van der Waals surface area contributed by atoms with Gasteiger partial charge >= 0.3 is 6.18 Å². The van der Waals surface area contributed by atoms with Crippen LogP contribution in [-0.2, 0) is 11.0 Å². The predicted molar refractivity (Wildman–Crippen MR) is 93.5 cm³/mol. The number of amides is 1. The van der Waals surface area contributed by atoms with E-state index in [9.17, 15) is 23.1 Å². The standard InChI is InChI=1S/C18H25F3N4O2/c1-9(8-26)25-16-15(22-11(3)23-17(16)27)14(24-25)10(2)12-4-6-13(7-5-12)18(19,20)21/h4-7,9-11,14-16,22,24,26H,8H2,1-3H3,(H,23,27)/t9-,10+,11?,14?,15?,16?/m1/s1. The van der Waals surface area contributed by atoms with Gasteiger partial charge in [0.05, 0.1) is 24.4 Å². The lowest BCUT2D eigenvalue weighted by atomic mass is 9.86. The SMILES string of the molecule is CC1NC(=O)C2C(N1)C([C@@H](C)c1ccc(C(F)(F)F)cc1)NN2[C@H](C)CO. The van der Waals surface area contributed by atoms with E-state index in [0.29, 0.717) is 0 Å². The van der Waals surface area contributed by atoms with Crippen molar-refractivity contribution >= 4 is 5.91 Å². The molecule has 6 atom stereocenters. The maximum Gasteiger partial charge on any atom is 0.416 e. The molecular weight excluding hydrogens is 361 g/mol. The van der Waals surface area contributed by atoms with E-state index in [1.807, 2.05) is 13.8 Å². The fraction of sp³-hybridized carbons (Fsp3) is 0.611. The molecule has 2 aliphatic heterocycles. The minimum absolute atomic E-state index is 0.125. The van der Waals surface area contributed by atoms with Gasteiger partial charge in [-0.05, 0) is 37.5 Å². The first-order chi connectivity index (χ1) is 12.6. The molecule has 9 heteroatoms. The van der Waals surface area contributed by atoms with Crippen molar-refractivity contribution in [3.63, 3.8) is 0 Å². The molecule has 1 amide bonds. The molecule has 3 rings (SSSR count). The highest BCUT2D eigenvalue weighted by molar-refractivity contribution is 5.84. The Bertz CT molecular complexity index is 682. The first-order valence-electron chi connectivity index (χ1n) is 9.02. The predicted octanol–water partition coefficient (Wildman–Crippen LogP) is 1.18. The van der Waals surface area contributed by atoms with Crippen LogP contribution in [0.4, 0.5) is 13.2 Å².